The van der Waals surface area contributed by atoms with Crippen LogP contribution in [0.5, 0.6) is 0 Å². The summed E-state index contributed by atoms with van der Waals surface area (Å²) in [4.78, 5) is 24.0. The lowest BCUT2D eigenvalue weighted by Gasteiger charge is -2.05. The number of hydrogen-bond acceptors (Lipinski definition) is 7. The lowest BCUT2D eigenvalue weighted by atomic mass is 10.0. The van der Waals surface area contributed by atoms with Gasteiger partial charge in [0.15, 0.2) is 0 Å². The van der Waals surface area contributed by atoms with E-state index in [4.69, 9.17) is 38.6 Å². The summed E-state index contributed by atoms with van der Waals surface area (Å²) in [6.45, 7) is 2.90. The van der Waals surface area contributed by atoms with E-state index in [0.29, 0.717) is 26.1 Å². The maximum absolute atomic E-state index is 12.0. The van der Waals surface area contributed by atoms with Crippen molar-refractivity contribution < 1.29 is 23.8 Å². The Morgan fingerprint density at radius 2 is 0.553 bits per heavy atom. The number of carbonyl (C=O) groups is 2. The topological polar surface area (TPSA) is 61.8 Å². The van der Waals surface area contributed by atoms with Crippen molar-refractivity contribution in [3.05, 3.63) is 0 Å². The number of esters is 2. The minimum Gasteiger partial charge on any atom is -0.393 e. The number of thiocarbonyl (C=S) groups is 2. The van der Waals surface area contributed by atoms with E-state index in [9.17, 15) is 9.59 Å². The molecule has 0 N–H and O–H groups in total. The van der Waals surface area contributed by atoms with Crippen molar-refractivity contribution in [2.75, 3.05) is 26.4 Å². The largest absolute Gasteiger partial charge is 0.393 e. The molecule has 0 aromatic heterocycles. The van der Waals surface area contributed by atoms with Crippen molar-refractivity contribution in [3.63, 3.8) is 0 Å². The van der Waals surface area contributed by atoms with Crippen molar-refractivity contribution in [1.82, 2.24) is 0 Å². The van der Waals surface area contributed by atoms with E-state index >= 15 is 0 Å². The highest BCUT2D eigenvalue weighted by atomic mass is 32.1. The fraction of sp³-hybridized carbons (Fsp3) is 0.900. The number of rotatable bonds is 40. The Bertz CT molecular complexity index is 632. The molecular formula is C40H74O5S2. The Hall–Kier alpha value is -0.760. The number of hydrogen-bond donors (Lipinski definition) is 0. The Morgan fingerprint density at radius 3 is 0.787 bits per heavy atom. The highest BCUT2D eigenvalue weighted by Crippen LogP contribution is 2.16. The molecule has 0 amide bonds. The molecule has 0 rings (SSSR count). The minimum absolute atomic E-state index is 0.338. The van der Waals surface area contributed by atoms with Crippen LogP contribution in [0.2, 0.25) is 0 Å². The molecule has 0 aromatic carbocycles. The van der Waals surface area contributed by atoms with Crippen LogP contribution in [0.4, 0.5) is 0 Å². The zero-order chi connectivity index (χ0) is 34.1. The van der Waals surface area contributed by atoms with Gasteiger partial charge in [0.25, 0.3) is 0 Å². The third kappa shape index (κ3) is 41.3. The van der Waals surface area contributed by atoms with E-state index in [1.54, 1.807) is 10.7 Å². The Kier molecular flexibility index (Phi) is 40.7. The van der Waals surface area contributed by atoms with Crippen molar-refractivity contribution in [2.24, 2.45) is 0 Å². The first kappa shape index (κ1) is 46.2. The highest BCUT2D eigenvalue weighted by Gasteiger charge is 2.10. The summed E-state index contributed by atoms with van der Waals surface area (Å²) in [6.07, 6.45) is 38.4. The van der Waals surface area contributed by atoms with Crippen LogP contribution in [0.3, 0.4) is 0 Å². The molecule has 0 radical (unpaired) electrons. The van der Waals surface area contributed by atoms with E-state index < -0.39 is 0 Å². The van der Waals surface area contributed by atoms with Crippen LogP contribution >= 0.6 is 24.4 Å². The predicted molar refractivity (Wildman–Crippen MR) is 208 cm³/mol. The highest BCUT2D eigenvalue weighted by molar-refractivity contribution is 7.79. The molecule has 47 heavy (non-hydrogen) atoms. The minimum atomic E-state index is -0.338. The summed E-state index contributed by atoms with van der Waals surface area (Å²) in [5.74, 6) is -0.676. The van der Waals surface area contributed by atoms with E-state index in [-0.39, 0.29) is 11.9 Å². The molecule has 0 bridgehead atoms. The SMILES string of the molecule is O=C(CCCCCCCCCCCCCCCCCOCC=S)OC(=O)CCCCCCCCCCCCCCCCCOCC=S. The molecule has 0 unspecified atom stereocenters. The zero-order valence-corrected chi connectivity index (χ0v) is 32.1. The first-order valence-corrected chi connectivity index (χ1v) is 20.9. The summed E-state index contributed by atoms with van der Waals surface area (Å²) in [5, 5.41) is 3.29. The summed E-state index contributed by atoms with van der Waals surface area (Å²) >= 11 is 9.50. The van der Waals surface area contributed by atoms with Gasteiger partial charge >= 0.3 is 11.9 Å². The monoisotopic (exact) mass is 698 g/mol. The quantitative estimate of drug-likeness (QED) is 0.0273. The van der Waals surface area contributed by atoms with Crippen molar-refractivity contribution >= 4 is 47.1 Å². The molecule has 0 saturated heterocycles. The lowest BCUT2D eigenvalue weighted by molar-refractivity contribution is -0.159. The zero-order valence-electron chi connectivity index (χ0n) is 30.5. The summed E-state index contributed by atoms with van der Waals surface area (Å²) < 4.78 is 15.8. The average molecular weight is 699 g/mol. The third-order valence-corrected chi connectivity index (χ3v) is 9.21. The Balaban J connectivity index is 3.26. The number of carbonyl (C=O) groups excluding carboxylic acids is 2. The molecule has 0 aliphatic heterocycles. The maximum atomic E-state index is 12.0. The van der Waals surface area contributed by atoms with E-state index in [1.165, 1.54) is 154 Å². The predicted octanol–water partition coefficient (Wildman–Crippen LogP) is 12.6. The van der Waals surface area contributed by atoms with Crippen LogP contribution in [-0.2, 0) is 23.8 Å². The van der Waals surface area contributed by atoms with Crippen LogP contribution in [0.15, 0.2) is 0 Å². The second kappa shape index (κ2) is 41.4. The first-order chi connectivity index (χ1) is 23.2. The van der Waals surface area contributed by atoms with Gasteiger partial charge in [0.2, 0.25) is 0 Å². The van der Waals surface area contributed by atoms with Gasteiger partial charge in [-0.15, -0.1) is 0 Å². The Labute approximate surface area is 301 Å². The van der Waals surface area contributed by atoms with Gasteiger partial charge in [-0.3, -0.25) is 9.59 Å². The molecule has 0 heterocycles. The summed E-state index contributed by atoms with van der Waals surface area (Å²) in [6, 6.07) is 0. The lowest BCUT2D eigenvalue weighted by Crippen LogP contribution is -2.11. The van der Waals surface area contributed by atoms with Gasteiger partial charge in [-0.1, -0.05) is 191 Å². The number of ether oxygens (including phenoxy) is 3. The molecule has 0 aromatic rings. The molecule has 0 spiro atoms. The maximum Gasteiger partial charge on any atom is 0.313 e. The van der Waals surface area contributed by atoms with E-state index in [0.717, 1.165) is 51.7 Å². The fourth-order valence-electron chi connectivity index (χ4n) is 6.04. The first-order valence-electron chi connectivity index (χ1n) is 20.0. The molecular weight excluding hydrogens is 625 g/mol. The van der Waals surface area contributed by atoms with Gasteiger partial charge in [0.05, 0.1) is 13.2 Å². The fourth-order valence-corrected chi connectivity index (χ4v) is 6.23. The van der Waals surface area contributed by atoms with Gasteiger partial charge in [-0.2, -0.15) is 0 Å². The molecule has 0 atom stereocenters. The van der Waals surface area contributed by atoms with Gasteiger partial charge in [0, 0.05) is 36.8 Å². The number of unbranched alkanes of at least 4 members (excludes halogenated alkanes) is 28. The average Bonchev–Trinajstić information content (AvgIpc) is 3.06. The molecule has 0 saturated carbocycles. The second-order valence-electron chi connectivity index (χ2n) is 13.4. The normalized spacial score (nSPS) is 11.1. The third-order valence-electron chi connectivity index (χ3n) is 8.94. The smallest absolute Gasteiger partial charge is 0.313 e. The summed E-state index contributed by atoms with van der Waals surface area (Å²) in [7, 11) is 0. The van der Waals surface area contributed by atoms with Crippen molar-refractivity contribution in [2.45, 2.75) is 205 Å². The molecule has 7 heteroatoms. The van der Waals surface area contributed by atoms with Crippen molar-refractivity contribution in [1.29, 1.82) is 0 Å². The molecule has 0 aliphatic carbocycles. The Morgan fingerprint density at radius 1 is 0.340 bits per heavy atom. The van der Waals surface area contributed by atoms with Gasteiger partial charge in [-0.05, 0) is 25.7 Å². The van der Waals surface area contributed by atoms with Crippen LogP contribution < -0.4 is 0 Å². The molecule has 0 fully saturated rings. The van der Waals surface area contributed by atoms with Crippen LogP contribution in [0.25, 0.3) is 0 Å². The van der Waals surface area contributed by atoms with Gasteiger partial charge < -0.3 is 14.2 Å². The standard InChI is InChI=1S/C40H74O5S2/c41-39(31-27-23-19-15-11-7-3-1-5-9-13-17-21-25-29-33-43-35-37-46)45-40(42)32-28-24-20-16-12-8-4-2-6-10-14-18-22-26-30-34-44-36-38-47/h37-38H,1-36H2. The van der Waals surface area contributed by atoms with E-state index in [1.807, 2.05) is 0 Å². The summed E-state index contributed by atoms with van der Waals surface area (Å²) in [5.41, 5.74) is 0. The van der Waals surface area contributed by atoms with E-state index in [2.05, 4.69) is 0 Å². The van der Waals surface area contributed by atoms with Crippen LogP contribution in [0, 0.1) is 0 Å². The van der Waals surface area contributed by atoms with Gasteiger partial charge in [0.1, 0.15) is 0 Å². The molecule has 0 aliphatic rings. The van der Waals surface area contributed by atoms with Gasteiger partial charge in [-0.25, -0.2) is 0 Å². The molecule has 5 nitrogen and oxygen atoms in total. The van der Waals surface area contributed by atoms with Crippen LogP contribution in [0.1, 0.15) is 205 Å². The van der Waals surface area contributed by atoms with Crippen LogP contribution in [-0.4, -0.2) is 49.1 Å². The van der Waals surface area contributed by atoms with Crippen molar-refractivity contribution in [3.8, 4) is 0 Å². The second-order valence-corrected chi connectivity index (χ2v) is 14.1. The molecule has 276 valence electrons.